The molecule has 146 valence electrons. The summed E-state index contributed by atoms with van der Waals surface area (Å²) in [6.45, 7) is 0.171. The smallest absolute Gasteiger partial charge is 0.338 e. The van der Waals surface area contributed by atoms with Crippen LogP contribution in [0.1, 0.15) is 27.0 Å². The van der Waals surface area contributed by atoms with E-state index in [2.05, 4.69) is 4.72 Å². The number of carbonyl (C=O) groups is 1. The van der Waals surface area contributed by atoms with Gasteiger partial charge in [0.05, 0.1) is 22.1 Å². The zero-order chi connectivity index (χ0) is 20.7. The Bertz CT molecular complexity index is 1140. The summed E-state index contributed by atoms with van der Waals surface area (Å²) in [6.07, 6.45) is 0. The average Bonchev–Trinajstić information content (AvgIpc) is 2.77. The maximum atomic E-state index is 12.5. The first-order valence-corrected chi connectivity index (χ1v) is 10.3. The number of sulfonamides is 1. The lowest BCUT2D eigenvalue weighted by molar-refractivity contribution is 0.0472. The molecule has 3 rings (SSSR count). The highest BCUT2D eigenvalue weighted by Crippen LogP contribution is 2.14. The van der Waals surface area contributed by atoms with Crippen LogP contribution in [0.15, 0.2) is 83.8 Å². The van der Waals surface area contributed by atoms with Crippen molar-refractivity contribution in [3.05, 3.63) is 101 Å². The SMILES string of the molecule is N#Cc1ccc(COC(=O)c2cccc(S(=O)(=O)NCc3ccccc3)c2)cc1. The van der Waals surface area contributed by atoms with Crippen molar-refractivity contribution in [2.24, 2.45) is 0 Å². The number of esters is 1. The summed E-state index contributed by atoms with van der Waals surface area (Å²) in [4.78, 5) is 12.3. The van der Waals surface area contributed by atoms with E-state index in [1.807, 2.05) is 36.4 Å². The second-order valence-corrected chi connectivity index (χ2v) is 7.99. The van der Waals surface area contributed by atoms with E-state index in [4.69, 9.17) is 10.00 Å². The van der Waals surface area contributed by atoms with Crippen LogP contribution in [0, 0.1) is 11.3 Å². The fraction of sp³-hybridized carbons (Fsp3) is 0.0909. The molecule has 0 unspecified atom stereocenters. The molecule has 0 heterocycles. The molecule has 0 spiro atoms. The van der Waals surface area contributed by atoms with Crippen molar-refractivity contribution in [2.75, 3.05) is 0 Å². The van der Waals surface area contributed by atoms with Crippen molar-refractivity contribution in [1.82, 2.24) is 4.72 Å². The Morgan fingerprint density at radius 3 is 2.34 bits per heavy atom. The molecule has 29 heavy (non-hydrogen) atoms. The van der Waals surface area contributed by atoms with Gasteiger partial charge in [0.15, 0.2) is 0 Å². The molecule has 0 radical (unpaired) electrons. The number of hydrogen-bond donors (Lipinski definition) is 1. The van der Waals surface area contributed by atoms with Gasteiger partial charge < -0.3 is 4.74 Å². The Morgan fingerprint density at radius 2 is 1.66 bits per heavy atom. The molecule has 0 fully saturated rings. The Kier molecular flexibility index (Phi) is 6.39. The van der Waals surface area contributed by atoms with Crippen molar-refractivity contribution in [3.8, 4) is 6.07 Å². The third-order valence-electron chi connectivity index (χ3n) is 4.14. The van der Waals surface area contributed by atoms with E-state index in [0.717, 1.165) is 11.1 Å². The van der Waals surface area contributed by atoms with Crippen molar-refractivity contribution >= 4 is 16.0 Å². The molecule has 3 aromatic carbocycles. The van der Waals surface area contributed by atoms with Gasteiger partial charge >= 0.3 is 5.97 Å². The minimum atomic E-state index is -3.78. The highest BCUT2D eigenvalue weighted by molar-refractivity contribution is 7.89. The summed E-state index contributed by atoms with van der Waals surface area (Å²) >= 11 is 0. The van der Waals surface area contributed by atoms with Gasteiger partial charge in [-0.2, -0.15) is 5.26 Å². The molecule has 0 aliphatic carbocycles. The maximum absolute atomic E-state index is 12.5. The third-order valence-corrected chi connectivity index (χ3v) is 5.54. The van der Waals surface area contributed by atoms with Crippen LogP contribution in [0.3, 0.4) is 0 Å². The lowest BCUT2D eigenvalue weighted by Gasteiger charge is -2.09. The van der Waals surface area contributed by atoms with Crippen LogP contribution in [0.2, 0.25) is 0 Å². The van der Waals surface area contributed by atoms with Crippen LogP contribution < -0.4 is 4.72 Å². The Labute approximate surface area is 169 Å². The molecular weight excluding hydrogens is 388 g/mol. The van der Waals surface area contributed by atoms with Crippen molar-refractivity contribution in [2.45, 2.75) is 18.0 Å². The molecule has 7 heteroatoms. The first-order valence-electron chi connectivity index (χ1n) is 8.78. The number of carbonyl (C=O) groups excluding carboxylic acids is 1. The summed E-state index contributed by atoms with van der Waals surface area (Å²) in [5.41, 5.74) is 2.21. The van der Waals surface area contributed by atoms with Crippen LogP contribution in [-0.2, 0) is 27.9 Å². The van der Waals surface area contributed by atoms with Crippen LogP contribution in [-0.4, -0.2) is 14.4 Å². The average molecular weight is 406 g/mol. The number of ether oxygens (including phenoxy) is 1. The monoisotopic (exact) mass is 406 g/mol. The van der Waals surface area contributed by atoms with E-state index in [-0.39, 0.29) is 23.6 Å². The van der Waals surface area contributed by atoms with Gasteiger partial charge in [0.25, 0.3) is 0 Å². The maximum Gasteiger partial charge on any atom is 0.338 e. The highest BCUT2D eigenvalue weighted by Gasteiger charge is 2.17. The molecular formula is C22H18N2O4S. The number of nitrogens with one attached hydrogen (secondary N) is 1. The second-order valence-electron chi connectivity index (χ2n) is 6.22. The molecule has 0 amide bonds. The summed E-state index contributed by atoms with van der Waals surface area (Å²) in [5, 5.41) is 8.80. The molecule has 1 N–H and O–H groups in total. The predicted octanol–water partition coefficient (Wildman–Crippen LogP) is 3.39. The van der Waals surface area contributed by atoms with E-state index in [9.17, 15) is 13.2 Å². The van der Waals surface area contributed by atoms with Gasteiger partial charge in [-0.05, 0) is 41.5 Å². The zero-order valence-corrected chi connectivity index (χ0v) is 16.2. The Balaban J connectivity index is 1.65. The van der Waals surface area contributed by atoms with E-state index < -0.39 is 16.0 Å². The van der Waals surface area contributed by atoms with Gasteiger partial charge in [-0.25, -0.2) is 17.9 Å². The van der Waals surface area contributed by atoms with Crippen molar-refractivity contribution in [3.63, 3.8) is 0 Å². The zero-order valence-electron chi connectivity index (χ0n) is 15.4. The second kappa shape index (κ2) is 9.15. The lowest BCUT2D eigenvalue weighted by Crippen LogP contribution is -2.23. The summed E-state index contributed by atoms with van der Waals surface area (Å²) < 4.78 is 32.8. The van der Waals surface area contributed by atoms with E-state index in [0.29, 0.717) is 5.56 Å². The topological polar surface area (TPSA) is 96.3 Å². The molecule has 0 aromatic heterocycles. The van der Waals surface area contributed by atoms with Crippen molar-refractivity contribution < 1.29 is 17.9 Å². The number of nitrogens with zero attached hydrogens (tertiary/aromatic N) is 1. The Hall–Kier alpha value is -3.47. The van der Waals surface area contributed by atoms with Crippen LogP contribution in [0.5, 0.6) is 0 Å². The largest absolute Gasteiger partial charge is 0.457 e. The molecule has 0 saturated heterocycles. The van der Waals surface area contributed by atoms with Gasteiger partial charge in [0.1, 0.15) is 6.61 Å². The summed E-state index contributed by atoms with van der Waals surface area (Å²) in [7, 11) is -3.78. The normalized spacial score (nSPS) is 10.9. The highest BCUT2D eigenvalue weighted by atomic mass is 32.2. The molecule has 3 aromatic rings. The quantitative estimate of drug-likeness (QED) is 0.607. The van der Waals surface area contributed by atoms with Crippen LogP contribution >= 0.6 is 0 Å². The van der Waals surface area contributed by atoms with Gasteiger partial charge in [-0.3, -0.25) is 0 Å². The van der Waals surface area contributed by atoms with Gasteiger partial charge in [-0.15, -0.1) is 0 Å². The summed E-state index contributed by atoms with van der Waals surface area (Å²) in [6, 6.07) is 23.5. The molecule has 0 aliphatic heterocycles. The molecule has 0 aliphatic rings. The standard InChI is InChI=1S/C22H18N2O4S/c23-14-17-9-11-19(12-10-17)16-28-22(25)20-7-4-8-21(13-20)29(26,27)24-15-18-5-2-1-3-6-18/h1-13,24H,15-16H2. The fourth-order valence-corrected chi connectivity index (χ4v) is 3.62. The molecule has 0 saturated carbocycles. The van der Waals surface area contributed by atoms with Crippen LogP contribution in [0.4, 0.5) is 0 Å². The van der Waals surface area contributed by atoms with E-state index in [1.54, 1.807) is 24.3 Å². The first kappa shape index (κ1) is 20.3. The van der Waals surface area contributed by atoms with Gasteiger partial charge in [-0.1, -0.05) is 48.5 Å². The van der Waals surface area contributed by atoms with Gasteiger partial charge in [0, 0.05) is 6.54 Å². The minimum Gasteiger partial charge on any atom is -0.457 e. The number of nitriles is 1. The minimum absolute atomic E-state index is 0.0127. The predicted molar refractivity (Wildman–Crippen MR) is 107 cm³/mol. The lowest BCUT2D eigenvalue weighted by atomic mass is 10.1. The van der Waals surface area contributed by atoms with Gasteiger partial charge in [0.2, 0.25) is 10.0 Å². The van der Waals surface area contributed by atoms with Crippen LogP contribution in [0.25, 0.3) is 0 Å². The first-order chi connectivity index (χ1) is 14.0. The number of rotatable bonds is 7. The third kappa shape index (κ3) is 5.51. The number of benzene rings is 3. The summed E-state index contributed by atoms with van der Waals surface area (Å²) in [5.74, 6) is -0.630. The number of hydrogen-bond acceptors (Lipinski definition) is 5. The van der Waals surface area contributed by atoms with E-state index >= 15 is 0 Å². The Morgan fingerprint density at radius 1 is 0.931 bits per heavy atom. The van der Waals surface area contributed by atoms with E-state index in [1.165, 1.54) is 24.3 Å². The molecule has 0 bridgehead atoms. The molecule has 0 atom stereocenters. The van der Waals surface area contributed by atoms with Crippen molar-refractivity contribution in [1.29, 1.82) is 5.26 Å². The molecule has 6 nitrogen and oxygen atoms in total. The fourth-order valence-electron chi connectivity index (χ4n) is 2.56.